The second kappa shape index (κ2) is 25.9. The van der Waals surface area contributed by atoms with Crippen molar-refractivity contribution in [2.24, 2.45) is 0 Å². The van der Waals surface area contributed by atoms with E-state index >= 15 is 0 Å². The Morgan fingerprint density at radius 2 is 0.491 bits per heavy atom. The van der Waals surface area contributed by atoms with Crippen LogP contribution in [-0.2, 0) is 0 Å². The van der Waals surface area contributed by atoms with Gasteiger partial charge in [-0.3, -0.25) is 0 Å². The predicted octanol–water partition coefficient (Wildman–Crippen LogP) is 24.9. The molecule has 522 valence electrons. The van der Waals surface area contributed by atoms with E-state index in [0.717, 1.165) is 125 Å². The molecule has 6 nitrogen and oxygen atoms in total. The molecule has 2 aromatic heterocycles. The molecule has 17 aromatic carbocycles. The number of nitrogens with zero attached hydrogens (tertiary/aromatic N) is 6. The third-order valence-electron chi connectivity index (χ3n) is 23.3. The van der Waals surface area contributed by atoms with E-state index in [1.54, 1.807) is 0 Å². The molecular formula is C102H66B2N6S2. The summed E-state index contributed by atoms with van der Waals surface area (Å²) in [4.78, 5) is 15.5. The van der Waals surface area contributed by atoms with Crippen LogP contribution >= 0.6 is 22.7 Å². The van der Waals surface area contributed by atoms with Crippen LogP contribution in [0, 0.1) is 0 Å². The largest absolute Gasteiger partial charge is 0.311 e. The van der Waals surface area contributed by atoms with Crippen molar-refractivity contribution in [3.63, 3.8) is 0 Å². The van der Waals surface area contributed by atoms with Crippen LogP contribution in [0.4, 0.5) is 102 Å². The molecule has 0 aliphatic carbocycles. The van der Waals surface area contributed by atoms with Gasteiger partial charge < -0.3 is 29.4 Å². The fourth-order valence-electron chi connectivity index (χ4n) is 18.8. The highest BCUT2D eigenvalue weighted by Gasteiger charge is 2.50. The molecule has 0 radical (unpaired) electrons. The topological polar surface area (TPSA) is 19.4 Å². The van der Waals surface area contributed by atoms with E-state index in [4.69, 9.17) is 0 Å². The summed E-state index contributed by atoms with van der Waals surface area (Å²) >= 11 is 3.74. The van der Waals surface area contributed by atoms with E-state index in [2.05, 4.69) is 430 Å². The van der Waals surface area contributed by atoms with Crippen molar-refractivity contribution in [3.8, 4) is 22.3 Å². The first-order chi connectivity index (χ1) is 55.6. The lowest BCUT2D eigenvalue weighted by Crippen LogP contribution is -2.65. The Bertz CT molecular complexity index is 6470. The Hall–Kier alpha value is -13.9. The van der Waals surface area contributed by atoms with Gasteiger partial charge in [-0.25, -0.2) is 0 Å². The molecule has 4 aliphatic heterocycles. The molecule has 0 N–H and O–H groups in total. The first-order valence-electron chi connectivity index (χ1n) is 38.5. The Morgan fingerprint density at radius 1 is 0.196 bits per heavy atom. The molecule has 4 aliphatic rings. The molecule has 6 heterocycles. The summed E-state index contributed by atoms with van der Waals surface area (Å²) < 4.78 is 5.03. The van der Waals surface area contributed by atoms with E-state index in [0.29, 0.717) is 0 Å². The standard InChI is InChI=1S/C102H66B2N6S2/c1-7-33-67(34-8-1)75-45-19-25-51-83(75)107-89-66-90-82(65-81(89)103-79-49-23-27-53-85(79)109(87-55-31-59-97-99(87)77-47-21-29-57-95(77)111-97)93-63-73(61-91(107)101(93)103)105(69-37-11-3-12-38-69)70-39-13-4-14-40-70)104-80-50-24-28-54-86(80)110(88-56-32-60-98-100(88)78-48-22-30-58-96(78)112-98)94-64-74(106(71-41-15-5-16-42-71)72-43-17-6-18-44-72)62-92(102(94)104)108(90)84-52-26-20-46-76(84)68-35-9-2-10-36-68/h1-66H. The number of hydrogen-bond acceptors (Lipinski definition) is 8. The molecule has 0 spiro atoms. The van der Waals surface area contributed by atoms with Crippen molar-refractivity contribution < 1.29 is 0 Å². The second-order valence-electron chi connectivity index (χ2n) is 29.4. The Kier molecular flexibility index (Phi) is 14.8. The van der Waals surface area contributed by atoms with Gasteiger partial charge in [0.1, 0.15) is 0 Å². The van der Waals surface area contributed by atoms with E-state index in [9.17, 15) is 0 Å². The van der Waals surface area contributed by atoms with Gasteiger partial charge in [0.15, 0.2) is 0 Å². The molecule has 19 aromatic rings. The molecule has 10 heteroatoms. The summed E-state index contributed by atoms with van der Waals surface area (Å²) in [5.74, 6) is 0. The monoisotopic (exact) mass is 1460 g/mol. The Labute approximate surface area is 658 Å². The van der Waals surface area contributed by atoms with E-state index in [1.807, 2.05) is 22.7 Å². The number of anilines is 18. The maximum Gasteiger partial charge on any atom is 0.252 e. The fourth-order valence-corrected chi connectivity index (χ4v) is 21.1. The summed E-state index contributed by atoms with van der Waals surface area (Å²) in [5.41, 5.74) is 31.5. The fraction of sp³-hybridized carbons (Fsp3) is 0. The molecular weight excluding hydrogens is 1390 g/mol. The van der Waals surface area contributed by atoms with Crippen molar-refractivity contribution in [2.45, 2.75) is 0 Å². The number of benzene rings is 17. The highest BCUT2D eigenvalue weighted by atomic mass is 32.1. The van der Waals surface area contributed by atoms with Crippen LogP contribution in [0.15, 0.2) is 400 Å². The summed E-state index contributed by atoms with van der Waals surface area (Å²) in [6, 6.07) is 150. The SMILES string of the molecule is c1ccc(-c2ccccc2N2c3cc4c(cc3B3c5ccccc5N(c5cccc6sc7ccccc7c56)c5cc(N(c6ccccc6)c6ccccc6)cc2c53)B2c3ccccc3N(c3cccc5sc6ccccc6c35)c3cc(N(c5ccccc5)c5ccccc5)cc(c32)N4c2ccccc2-c2ccccc2)cc1. The quantitative estimate of drug-likeness (QED) is 0.113. The van der Waals surface area contributed by atoms with Crippen molar-refractivity contribution in [1.82, 2.24) is 0 Å². The average molecular weight is 1460 g/mol. The molecule has 0 unspecified atom stereocenters. The van der Waals surface area contributed by atoms with Gasteiger partial charge in [-0.15, -0.1) is 22.7 Å². The van der Waals surface area contributed by atoms with Gasteiger partial charge >= 0.3 is 0 Å². The van der Waals surface area contributed by atoms with Gasteiger partial charge in [-0.1, -0.05) is 261 Å². The Morgan fingerprint density at radius 3 is 0.875 bits per heavy atom. The minimum Gasteiger partial charge on any atom is -0.311 e. The molecule has 112 heavy (non-hydrogen) atoms. The zero-order valence-electron chi connectivity index (χ0n) is 60.8. The van der Waals surface area contributed by atoms with Crippen LogP contribution in [0.5, 0.6) is 0 Å². The highest BCUT2D eigenvalue weighted by molar-refractivity contribution is 7.26. The molecule has 0 atom stereocenters. The lowest BCUT2D eigenvalue weighted by molar-refractivity contribution is 1.22. The third-order valence-corrected chi connectivity index (χ3v) is 25.6. The van der Waals surface area contributed by atoms with E-state index in [1.165, 1.54) is 73.1 Å². The van der Waals surface area contributed by atoms with Crippen LogP contribution in [0.3, 0.4) is 0 Å². The number of rotatable bonds is 12. The van der Waals surface area contributed by atoms with Crippen molar-refractivity contribution >= 4 is 212 Å². The molecule has 0 bridgehead atoms. The lowest BCUT2D eigenvalue weighted by atomic mass is 9.30. The summed E-state index contributed by atoms with van der Waals surface area (Å²) in [6.07, 6.45) is 0. The zero-order valence-corrected chi connectivity index (χ0v) is 62.4. The number of thiophene rings is 2. The first-order valence-corrected chi connectivity index (χ1v) is 40.1. The first kappa shape index (κ1) is 64.1. The third kappa shape index (κ3) is 9.92. The molecule has 0 amide bonds. The minimum atomic E-state index is -0.273. The van der Waals surface area contributed by atoms with Gasteiger partial charge in [-0.2, -0.15) is 0 Å². The second-order valence-corrected chi connectivity index (χ2v) is 31.5. The van der Waals surface area contributed by atoms with Gasteiger partial charge in [0.25, 0.3) is 13.4 Å². The Balaban J connectivity index is 0.882. The summed E-state index contributed by atoms with van der Waals surface area (Å²) in [7, 11) is 0. The van der Waals surface area contributed by atoms with Crippen LogP contribution in [0.1, 0.15) is 0 Å². The van der Waals surface area contributed by atoms with Crippen LogP contribution in [0.2, 0.25) is 0 Å². The van der Waals surface area contributed by atoms with Gasteiger partial charge in [-0.05, 0) is 183 Å². The average Bonchev–Trinajstić information content (AvgIpc) is 0.693. The zero-order chi connectivity index (χ0) is 73.5. The normalized spacial score (nSPS) is 12.9. The van der Waals surface area contributed by atoms with Crippen LogP contribution in [0.25, 0.3) is 62.6 Å². The molecule has 0 saturated heterocycles. The van der Waals surface area contributed by atoms with E-state index in [-0.39, 0.29) is 13.4 Å². The highest BCUT2D eigenvalue weighted by Crippen LogP contribution is 2.56. The summed E-state index contributed by atoms with van der Waals surface area (Å²) in [5, 5.41) is 4.98. The number of para-hydroxylation sites is 8. The van der Waals surface area contributed by atoms with Crippen LogP contribution in [-0.4, -0.2) is 13.4 Å². The van der Waals surface area contributed by atoms with Gasteiger partial charge in [0, 0.05) is 120 Å². The molecule has 0 saturated carbocycles. The maximum absolute atomic E-state index is 2.69. The predicted molar refractivity (Wildman–Crippen MR) is 481 cm³/mol. The van der Waals surface area contributed by atoms with Crippen molar-refractivity contribution in [2.75, 3.05) is 29.4 Å². The van der Waals surface area contributed by atoms with Crippen molar-refractivity contribution in [1.29, 1.82) is 0 Å². The smallest absolute Gasteiger partial charge is 0.252 e. The van der Waals surface area contributed by atoms with Gasteiger partial charge in [0.05, 0.1) is 34.1 Å². The number of hydrogen-bond donors (Lipinski definition) is 0. The maximum atomic E-state index is 2.69. The number of fused-ring (bicyclic) bond motifs is 14. The lowest BCUT2D eigenvalue weighted by Gasteiger charge is -2.48. The summed E-state index contributed by atoms with van der Waals surface area (Å²) in [6.45, 7) is -0.545. The molecule has 0 fully saturated rings. The van der Waals surface area contributed by atoms with Gasteiger partial charge in [0.2, 0.25) is 0 Å². The van der Waals surface area contributed by atoms with Crippen LogP contribution < -0.4 is 62.2 Å². The van der Waals surface area contributed by atoms with E-state index < -0.39 is 0 Å². The minimum absolute atomic E-state index is 0.273. The molecule has 23 rings (SSSR count). The van der Waals surface area contributed by atoms with Crippen molar-refractivity contribution in [3.05, 3.63) is 400 Å².